The predicted molar refractivity (Wildman–Crippen MR) is 85.0 cm³/mol. The molecular weight excluding hydrogens is 318 g/mol. The van der Waals surface area contributed by atoms with Crippen molar-refractivity contribution >= 4 is 26.8 Å². The van der Waals surface area contributed by atoms with E-state index in [1.807, 2.05) is 0 Å². The molecule has 0 spiro atoms. The molecule has 2 aromatic rings. The highest BCUT2D eigenvalue weighted by atomic mass is 79.9. The zero-order valence-corrected chi connectivity index (χ0v) is 13.1. The first-order valence-corrected chi connectivity index (χ1v) is 7.88. The van der Waals surface area contributed by atoms with Crippen molar-refractivity contribution < 1.29 is 4.74 Å². The highest BCUT2D eigenvalue weighted by Gasteiger charge is 2.09. The summed E-state index contributed by atoms with van der Waals surface area (Å²) in [7, 11) is 0. The van der Waals surface area contributed by atoms with Crippen molar-refractivity contribution in [1.82, 2.24) is 15.2 Å². The summed E-state index contributed by atoms with van der Waals surface area (Å²) < 4.78 is 6.48. The van der Waals surface area contributed by atoms with Crippen LogP contribution in [0.25, 0.3) is 10.9 Å². The lowest BCUT2D eigenvalue weighted by molar-refractivity contribution is 0.0384. The van der Waals surface area contributed by atoms with Gasteiger partial charge in [0.15, 0.2) is 0 Å². The largest absolute Gasteiger partial charge is 0.379 e. The number of aromatic amines is 1. The number of fused-ring (bicyclic) bond motifs is 1. The fourth-order valence-electron chi connectivity index (χ4n) is 2.58. The van der Waals surface area contributed by atoms with Crippen LogP contribution < -0.4 is 5.32 Å². The van der Waals surface area contributed by atoms with E-state index in [2.05, 4.69) is 55.5 Å². The molecule has 1 aliphatic rings. The predicted octanol–water partition coefficient (Wildman–Crippen LogP) is 2.35. The van der Waals surface area contributed by atoms with Gasteiger partial charge in [-0.2, -0.15) is 0 Å². The molecule has 4 nitrogen and oxygen atoms in total. The Balaban J connectivity index is 1.50. The van der Waals surface area contributed by atoms with Crippen molar-refractivity contribution in [1.29, 1.82) is 0 Å². The van der Waals surface area contributed by atoms with Crippen molar-refractivity contribution in [3.63, 3.8) is 0 Å². The van der Waals surface area contributed by atoms with E-state index in [9.17, 15) is 0 Å². The topological polar surface area (TPSA) is 40.3 Å². The van der Waals surface area contributed by atoms with Gasteiger partial charge in [-0.25, -0.2) is 0 Å². The number of nitrogens with zero attached hydrogens (tertiary/aromatic N) is 1. The second kappa shape index (κ2) is 6.72. The van der Waals surface area contributed by atoms with E-state index >= 15 is 0 Å². The molecule has 0 bridgehead atoms. The molecular formula is C15H20BrN3O. The molecule has 1 saturated heterocycles. The van der Waals surface area contributed by atoms with E-state index in [-0.39, 0.29) is 0 Å². The van der Waals surface area contributed by atoms with Crippen LogP contribution in [0.1, 0.15) is 5.56 Å². The van der Waals surface area contributed by atoms with Crippen LogP contribution >= 0.6 is 15.9 Å². The van der Waals surface area contributed by atoms with Crippen molar-refractivity contribution in [2.24, 2.45) is 0 Å². The quantitative estimate of drug-likeness (QED) is 0.823. The van der Waals surface area contributed by atoms with Crippen molar-refractivity contribution in [3.8, 4) is 0 Å². The van der Waals surface area contributed by atoms with Gasteiger partial charge in [0.05, 0.1) is 13.2 Å². The average Bonchev–Trinajstić information content (AvgIpc) is 2.87. The molecule has 20 heavy (non-hydrogen) atoms. The lowest BCUT2D eigenvalue weighted by Crippen LogP contribution is -2.40. The maximum Gasteiger partial charge on any atom is 0.0594 e. The monoisotopic (exact) mass is 337 g/mol. The van der Waals surface area contributed by atoms with Gasteiger partial charge >= 0.3 is 0 Å². The number of morpholine rings is 1. The van der Waals surface area contributed by atoms with Gasteiger partial charge in [-0.3, -0.25) is 4.90 Å². The smallest absolute Gasteiger partial charge is 0.0594 e. The first kappa shape index (κ1) is 14.1. The standard InChI is InChI=1S/C15H20BrN3O/c16-13-1-2-15-14(9-13)12(11-18-15)10-17-3-4-19-5-7-20-8-6-19/h1-2,9,11,17-18H,3-8,10H2. The van der Waals surface area contributed by atoms with Crippen molar-refractivity contribution in [2.45, 2.75) is 6.54 Å². The van der Waals surface area contributed by atoms with Crippen LogP contribution in [-0.2, 0) is 11.3 Å². The summed E-state index contributed by atoms with van der Waals surface area (Å²) in [6.07, 6.45) is 2.10. The molecule has 1 aliphatic heterocycles. The fourth-order valence-corrected chi connectivity index (χ4v) is 2.94. The first-order valence-electron chi connectivity index (χ1n) is 7.09. The highest BCUT2D eigenvalue weighted by Crippen LogP contribution is 2.22. The maximum absolute atomic E-state index is 5.35. The summed E-state index contributed by atoms with van der Waals surface area (Å²) in [5, 5.41) is 4.82. The van der Waals surface area contributed by atoms with Crippen LogP contribution in [0.2, 0.25) is 0 Å². The van der Waals surface area contributed by atoms with Gasteiger partial charge in [0.25, 0.3) is 0 Å². The van der Waals surface area contributed by atoms with Crippen LogP contribution in [0.15, 0.2) is 28.9 Å². The number of rotatable bonds is 5. The fraction of sp³-hybridized carbons (Fsp3) is 0.467. The lowest BCUT2D eigenvalue weighted by Gasteiger charge is -2.26. The van der Waals surface area contributed by atoms with E-state index in [1.165, 1.54) is 16.5 Å². The number of benzene rings is 1. The number of H-pyrrole nitrogens is 1. The summed E-state index contributed by atoms with van der Waals surface area (Å²) in [6, 6.07) is 6.34. The second-order valence-corrected chi connectivity index (χ2v) is 6.05. The summed E-state index contributed by atoms with van der Waals surface area (Å²) in [5.74, 6) is 0. The Morgan fingerprint density at radius 3 is 3.00 bits per heavy atom. The molecule has 0 unspecified atom stereocenters. The second-order valence-electron chi connectivity index (χ2n) is 5.13. The Labute approximate surface area is 127 Å². The van der Waals surface area contributed by atoms with Crippen LogP contribution in [-0.4, -0.2) is 49.3 Å². The van der Waals surface area contributed by atoms with E-state index in [0.29, 0.717) is 0 Å². The summed E-state index contributed by atoms with van der Waals surface area (Å²) in [4.78, 5) is 5.76. The van der Waals surface area contributed by atoms with E-state index in [4.69, 9.17) is 4.74 Å². The molecule has 3 rings (SSSR count). The van der Waals surface area contributed by atoms with Gasteiger partial charge in [0.1, 0.15) is 0 Å². The Bertz CT molecular complexity index is 563. The molecule has 2 N–H and O–H groups in total. The van der Waals surface area contributed by atoms with Gasteiger partial charge in [0, 0.05) is 54.3 Å². The Kier molecular flexibility index (Phi) is 4.73. The number of halogens is 1. The number of aromatic nitrogens is 1. The SMILES string of the molecule is Brc1ccc2[nH]cc(CNCCN3CCOCC3)c2c1. The minimum Gasteiger partial charge on any atom is -0.379 e. The normalized spacial score (nSPS) is 16.9. The molecule has 1 fully saturated rings. The summed E-state index contributed by atoms with van der Waals surface area (Å²) in [6.45, 7) is 6.87. The molecule has 1 aromatic heterocycles. The van der Waals surface area contributed by atoms with E-state index < -0.39 is 0 Å². The third-order valence-corrected chi connectivity index (χ3v) is 4.25. The Morgan fingerprint density at radius 2 is 2.15 bits per heavy atom. The molecule has 1 aromatic carbocycles. The van der Waals surface area contributed by atoms with Crippen molar-refractivity contribution in [2.75, 3.05) is 39.4 Å². The third kappa shape index (κ3) is 3.41. The summed E-state index contributed by atoms with van der Waals surface area (Å²) >= 11 is 3.53. The van der Waals surface area contributed by atoms with Gasteiger partial charge in [0.2, 0.25) is 0 Å². The van der Waals surface area contributed by atoms with Crippen LogP contribution in [0.3, 0.4) is 0 Å². The number of nitrogens with one attached hydrogen (secondary N) is 2. The van der Waals surface area contributed by atoms with Crippen molar-refractivity contribution in [3.05, 3.63) is 34.4 Å². The van der Waals surface area contributed by atoms with Gasteiger partial charge in [-0.15, -0.1) is 0 Å². The Morgan fingerprint density at radius 1 is 1.30 bits per heavy atom. The molecule has 0 aliphatic carbocycles. The highest BCUT2D eigenvalue weighted by molar-refractivity contribution is 9.10. The molecule has 5 heteroatoms. The van der Waals surface area contributed by atoms with Crippen LogP contribution in [0.5, 0.6) is 0 Å². The molecule has 0 radical (unpaired) electrons. The Hall–Kier alpha value is -0.880. The number of hydrogen-bond acceptors (Lipinski definition) is 3. The molecule has 0 atom stereocenters. The zero-order chi connectivity index (χ0) is 13.8. The minimum absolute atomic E-state index is 0.872. The minimum atomic E-state index is 0.872. The molecule has 108 valence electrons. The molecule has 0 saturated carbocycles. The third-order valence-electron chi connectivity index (χ3n) is 3.75. The van der Waals surface area contributed by atoms with Crippen LogP contribution in [0, 0.1) is 0 Å². The van der Waals surface area contributed by atoms with E-state index in [1.54, 1.807) is 0 Å². The lowest BCUT2D eigenvalue weighted by atomic mass is 10.2. The van der Waals surface area contributed by atoms with Gasteiger partial charge < -0.3 is 15.0 Å². The van der Waals surface area contributed by atoms with Gasteiger partial charge in [-0.1, -0.05) is 15.9 Å². The number of ether oxygens (including phenoxy) is 1. The summed E-state index contributed by atoms with van der Waals surface area (Å²) in [5.41, 5.74) is 2.52. The maximum atomic E-state index is 5.35. The van der Waals surface area contributed by atoms with E-state index in [0.717, 1.165) is 50.4 Å². The molecule has 0 amide bonds. The zero-order valence-electron chi connectivity index (χ0n) is 11.5. The molecule has 2 heterocycles. The van der Waals surface area contributed by atoms with Crippen LogP contribution in [0.4, 0.5) is 0 Å². The number of hydrogen-bond donors (Lipinski definition) is 2. The average molecular weight is 338 g/mol. The first-order chi connectivity index (χ1) is 9.83. The van der Waals surface area contributed by atoms with Gasteiger partial charge in [-0.05, 0) is 23.8 Å².